The van der Waals surface area contributed by atoms with E-state index in [0.717, 1.165) is 23.3 Å². The maximum atomic E-state index is 6.11. The number of benzene rings is 1. The number of hydrogen-bond donors (Lipinski definition) is 1. The fourth-order valence-electron chi connectivity index (χ4n) is 1.88. The van der Waals surface area contributed by atoms with Crippen LogP contribution in [0.25, 0.3) is 0 Å². The van der Waals surface area contributed by atoms with Gasteiger partial charge in [0.25, 0.3) is 0 Å². The van der Waals surface area contributed by atoms with Gasteiger partial charge in [0.2, 0.25) is 0 Å². The Labute approximate surface area is 112 Å². The lowest BCUT2D eigenvalue weighted by Crippen LogP contribution is -2.33. The van der Waals surface area contributed by atoms with E-state index in [2.05, 4.69) is 47.2 Å². The van der Waals surface area contributed by atoms with Crippen molar-refractivity contribution in [1.82, 2.24) is 5.32 Å². The molecule has 1 aromatic carbocycles. The number of ether oxygens (including phenoxy) is 1. The van der Waals surface area contributed by atoms with Crippen LogP contribution in [0, 0.1) is 6.92 Å². The predicted molar refractivity (Wildman–Crippen MR) is 74.6 cm³/mol. The van der Waals surface area contributed by atoms with Gasteiger partial charge in [0, 0.05) is 11.0 Å². The Morgan fingerprint density at radius 3 is 2.76 bits per heavy atom. The van der Waals surface area contributed by atoms with Crippen molar-refractivity contribution >= 4 is 15.9 Å². The van der Waals surface area contributed by atoms with Crippen LogP contribution in [0.5, 0.6) is 5.75 Å². The van der Waals surface area contributed by atoms with Crippen molar-refractivity contribution in [2.45, 2.75) is 38.7 Å². The number of hydrogen-bond acceptors (Lipinski definition) is 2. The molecule has 2 nitrogen and oxygen atoms in total. The molecule has 1 aromatic rings. The van der Waals surface area contributed by atoms with Crippen LogP contribution in [-0.4, -0.2) is 18.7 Å². The molecule has 0 amide bonds. The van der Waals surface area contributed by atoms with Crippen LogP contribution in [0.1, 0.15) is 31.7 Å². The molecule has 1 saturated carbocycles. The first-order valence-corrected chi connectivity index (χ1v) is 7.10. The fourth-order valence-corrected chi connectivity index (χ4v) is 2.12. The monoisotopic (exact) mass is 297 g/mol. The summed E-state index contributed by atoms with van der Waals surface area (Å²) >= 11 is 3.51. The minimum absolute atomic E-state index is 0.0649. The summed E-state index contributed by atoms with van der Waals surface area (Å²) in [6.45, 7) is 6.32. The van der Waals surface area contributed by atoms with Gasteiger partial charge in [-0.1, -0.05) is 22.9 Å². The Hall–Kier alpha value is -0.540. The van der Waals surface area contributed by atoms with E-state index < -0.39 is 0 Å². The molecule has 1 N–H and O–H groups in total. The molecule has 0 heterocycles. The molecule has 3 heteroatoms. The second-order valence-electron chi connectivity index (χ2n) is 4.87. The van der Waals surface area contributed by atoms with E-state index in [1.165, 1.54) is 24.8 Å². The molecule has 0 bridgehead atoms. The summed E-state index contributed by atoms with van der Waals surface area (Å²) in [4.78, 5) is 0. The van der Waals surface area contributed by atoms with E-state index in [0.29, 0.717) is 0 Å². The molecule has 1 aliphatic rings. The van der Waals surface area contributed by atoms with Crippen molar-refractivity contribution in [3.63, 3.8) is 0 Å². The Kier molecular flexibility index (Phi) is 4.10. The zero-order valence-corrected chi connectivity index (χ0v) is 12.1. The summed E-state index contributed by atoms with van der Waals surface area (Å²) in [7, 11) is 0. The van der Waals surface area contributed by atoms with E-state index >= 15 is 0 Å². The van der Waals surface area contributed by atoms with Gasteiger partial charge in [-0.25, -0.2) is 0 Å². The zero-order chi connectivity index (χ0) is 12.3. The summed E-state index contributed by atoms with van der Waals surface area (Å²) < 4.78 is 7.25. The average Bonchev–Trinajstić information content (AvgIpc) is 3.04. The quantitative estimate of drug-likeness (QED) is 0.809. The number of halogens is 1. The van der Waals surface area contributed by atoms with Crippen molar-refractivity contribution < 1.29 is 4.74 Å². The van der Waals surface area contributed by atoms with Crippen LogP contribution in [-0.2, 0) is 0 Å². The molecule has 0 spiro atoms. The highest BCUT2D eigenvalue weighted by Crippen LogP contribution is 2.40. The van der Waals surface area contributed by atoms with Crippen LogP contribution in [0.15, 0.2) is 22.7 Å². The second kappa shape index (κ2) is 5.40. The summed E-state index contributed by atoms with van der Waals surface area (Å²) in [6.07, 6.45) is 3.51. The van der Waals surface area contributed by atoms with E-state index in [-0.39, 0.29) is 5.60 Å². The molecule has 2 rings (SSSR count). The molecular weight excluding hydrogens is 278 g/mol. The highest BCUT2D eigenvalue weighted by Gasteiger charge is 2.45. The minimum atomic E-state index is 0.0649. The Balaban J connectivity index is 1.93. The van der Waals surface area contributed by atoms with Crippen molar-refractivity contribution in [1.29, 1.82) is 0 Å². The van der Waals surface area contributed by atoms with Gasteiger partial charge >= 0.3 is 0 Å². The van der Waals surface area contributed by atoms with E-state index in [9.17, 15) is 0 Å². The fraction of sp³-hybridized carbons (Fsp3) is 0.571. The van der Waals surface area contributed by atoms with E-state index in [1.54, 1.807) is 0 Å². The van der Waals surface area contributed by atoms with Gasteiger partial charge in [0.05, 0.1) is 0 Å². The third kappa shape index (κ3) is 3.46. The molecule has 0 saturated heterocycles. The Morgan fingerprint density at radius 2 is 2.18 bits per heavy atom. The molecule has 0 aromatic heterocycles. The first-order valence-electron chi connectivity index (χ1n) is 6.31. The van der Waals surface area contributed by atoms with Gasteiger partial charge < -0.3 is 10.1 Å². The van der Waals surface area contributed by atoms with Crippen molar-refractivity contribution in [2.24, 2.45) is 0 Å². The summed E-state index contributed by atoms with van der Waals surface area (Å²) in [5.74, 6) is 0.987. The van der Waals surface area contributed by atoms with Gasteiger partial charge in [-0.15, -0.1) is 0 Å². The largest absolute Gasteiger partial charge is 0.486 e. The number of nitrogens with one attached hydrogen (secondary N) is 1. The Morgan fingerprint density at radius 1 is 1.41 bits per heavy atom. The highest BCUT2D eigenvalue weighted by molar-refractivity contribution is 9.10. The number of aryl methyl sites for hydroxylation is 1. The third-order valence-electron chi connectivity index (χ3n) is 3.15. The first kappa shape index (κ1) is 12.9. The summed E-state index contributed by atoms with van der Waals surface area (Å²) in [6, 6.07) is 6.20. The average molecular weight is 298 g/mol. The Bertz CT molecular complexity index is 388. The lowest BCUT2D eigenvalue weighted by atomic mass is 10.2. The van der Waals surface area contributed by atoms with Crippen LogP contribution >= 0.6 is 15.9 Å². The lowest BCUT2D eigenvalue weighted by Gasteiger charge is -2.19. The summed E-state index contributed by atoms with van der Waals surface area (Å²) in [5, 5.41) is 3.45. The molecular formula is C14H20BrNO. The third-order valence-corrected chi connectivity index (χ3v) is 4.04. The van der Waals surface area contributed by atoms with Gasteiger partial charge in [-0.3, -0.25) is 0 Å². The lowest BCUT2D eigenvalue weighted by molar-refractivity contribution is 0.175. The topological polar surface area (TPSA) is 21.3 Å². The van der Waals surface area contributed by atoms with Gasteiger partial charge in [0.15, 0.2) is 0 Å². The molecule has 17 heavy (non-hydrogen) atoms. The van der Waals surface area contributed by atoms with Crippen LogP contribution in [0.4, 0.5) is 0 Å². The van der Waals surface area contributed by atoms with Crippen molar-refractivity contribution in [2.75, 3.05) is 13.1 Å². The normalized spacial score (nSPS) is 16.9. The summed E-state index contributed by atoms with van der Waals surface area (Å²) in [5.41, 5.74) is 1.29. The maximum absolute atomic E-state index is 6.11. The molecule has 0 radical (unpaired) electrons. The standard InChI is InChI=1S/C14H20BrNO/c1-3-8-16-10-14(6-7-14)17-12-4-5-13(15)11(2)9-12/h4-5,9,16H,3,6-8,10H2,1-2H3. The maximum Gasteiger partial charge on any atom is 0.122 e. The molecule has 0 aliphatic heterocycles. The van der Waals surface area contributed by atoms with E-state index in [4.69, 9.17) is 4.74 Å². The van der Waals surface area contributed by atoms with Gasteiger partial charge in [-0.2, -0.15) is 0 Å². The predicted octanol–water partition coefficient (Wildman–Crippen LogP) is 3.67. The van der Waals surface area contributed by atoms with Gasteiger partial charge in [-0.05, 0) is 56.5 Å². The molecule has 0 atom stereocenters. The molecule has 0 unspecified atom stereocenters. The molecule has 94 valence electrons. The second-order valence-corrected chi connectivity index (χ2v) is 5.73. The zero-order valence-electron chi connectivity index (χ0n) is 10.6. The van der Waals surface area contributed by atoms with Gasteiger partial charge in [0.1, 0.15) is 11.4 Å². The smallest absolute Gasteiger partial charge is 0.122 e. The molecule has 1 fully saturated rings. The highest BCUT2D eigenvalue weighted by atomic mass is 79.9. The number of rotatable bonds is 6. The van der Waals surface area contributed by atoms with Crippen molar-refractivity contribution in [3.8, 4) is 5.75 Å². The molecule has 1 aliphatic carbocycles. The minimum Gasteiger partial charge on any atom is -0.486 e. The van der Waals surface area contributed by atoms with Crippen LogP contribution in [0.2, 0.25) is 0 Å². The van der Waals surface area contributed by atoms with Crippen LogP contribution < -0.4 is 10.1 Å². The van der Waals surface area contributed by atoms with Crippen LogP contribution in [0.3, 0.4) is 0 Å². The SMILES string of the molecule is CCCNCC1(Oc2ccc(Br)c(C)c2)CC1. The van der Waals surface area contributed by atoms with E-state index in [1.807, 2.05) is 6.07 Å². The first-order chi connectivity index (χ1) is 8.15. The van der Waals surface area contributed by atoms with Crippen molar-refractivity contribution in [3.05, 3.63) is 28.2 Å².